The Labute approximate surface area is 253 Å². The summed E-state index contributed by atoms with van der Waals surface area (Å²) in [6, 6.07) is 18.7. The molecule has 0 unspecified atom stereocenters. The minimum Gasteiger partial charge on any atom is -0.488 e. The molecule has 0 radical (unpaired) electrons. The number of aliphatic hydroxyl groups is 1. The normalized spacial score (nSPS) is 14.4. The Morgan fingerprint density at radius 3 is 2.74 bits per heavy atom. The number of methoxy groups -OCH3 is 1. The van der Waals surface area contributed by atoms with Crippen LogP contribution in [-0.2, 0) is 29.1 Å². The van der Waals surface area contributed by atoms with Gasteiger partial charge in [-0.25, -0.2) is 4.39 Å². The molecule has 0 fully saturated rings. The van der Waals surface area contributed by atoms with Crippen LogP contribution in [0.1, 0.15) is 40.3 Å². The van der Waals surface area contributed by atoms with Gasteiger partial charge in [-0.2, -0.15) is 5.26 Å². The third-order valence-corrected chi connectivity index (χ3v) is 7.58. The first-order chi connectivity index (χ1) is 20.9. The standard InChI is InChI=1S/C33H29ClFN3O5/c1-41-33(40)29(18-39)38-17-22-12-27(34)32(13-31(22)42-19-21-11-20(14-36)15-37-16-21)43-30-10-9-24-23(6-4-7-26(24)30)25-5-2-3-8-28(25)35/h2-8,11-13,15-16,29-30,38-39H,9-10,17-19H2,1H3/t29-,30-/m0/s1. The van der Waals surface area contributed by atoms with Crippen molar-refractivity contribution in [3.63, 3.8) is 0 Å². The molecule has 220 valence electrons. The number of aliphatic hydroxyl groups excluding tert-OH is 1. The number of carbonyl (C=O) groups excluding carboxylic acids is 1. The van der Waals surface area contributed by atoms with Gasteiger partial charge in [0.2, 0.25) is 0 Å². The summed E-state index contributed by atoms with van der Waals surface area (Å²) >= 11 is 6.71. The van der Waals surface area contributed by atoms with Crippen LogP contribution in [-0.4, -0.2) is 35.8 Å². The van der Waals surface area contributed by atoms with Crippen LogP contribution in [0.3, 0.4) is 0 Å². The van der Waals surface area contributed by atoms with Crippen molar-refractivity contribution in [1.29, 1.82) is 5.26 Å². The second-order valence-corrected chi connectivity index (χ2v) is 10.4. The van der Waals surface area contributed by atoms with Crippen molar-refractivity contribution in [3.05, 3.63) is 112 Å². The monoisotopic (exact) mass is 601 g/mol. The molecule has 8 nitrogen and oxygen atoms in total. The van der Waals surface area contributed by atoms with Gasteiger partial charge in [0, 0.05) is 41.7 Å². The minimum absolute atomic E-state index is 0.106. The molecule has 1 aromatic heterocycles. The first kappa shape index (κ1) is 30.0. The number of rotatable bonds is 11. The summed E-state index contributed by atoms with van der Waals surface area (Å²) in [7, 11) is 1.24. The molecule has 1 aliphatic carbocycles. The number of pyridine rings is 1. The van der Waals surface area contributed by atoms with E-state index in [0.29, 0.717) is 51.6 Å². The lowest BCUT2D eigenvalue weighted by atomic mass is 9.96. The van der Waals surface area contributed by atoms with E-state index in [2.05, 4.69) is 16.4 Å². The molecule has 2 atom stereocenters. The molecule has 2 N–H and O–H groups in total. The lowest BCUT2D eigenvalue weighted by Crippen LogP contribution is -2.40. The number of benzene rings is 3. The number of nitrogens with one attached hydrogen (secondary N) is 1. The summed E-state index contributed by atoms with van der Waals surface area (Å²) in [6.45, 7) is -0.222. The lowest BCUT2D eigenvalue weighted by Gasteiger charge is -2.20. The molecule has 43 heavy (non-hydrogen) atoms. The predicted octanol–water partition coefficient (Wildman–Crippen LogP) is 5.68. The number of hydrogen-bond donors (Lipinski definition) is 2. The Morgan fingerprint density at radius 1 is 1.16 bits per heavy atom. The van der Waals surface area contributed by atoms with Crippen molar-refractivity contribution >= 4 is 17.6 Å². The van der Waals surface area contributed by atoms with Gasteiger partial charge >= 0.3 is 5.97 Å². The van der Waals surface area contributed by atoms with Crippen molar-refractivity contribution in [3.8, 4) is 28.7 Å². The molecule has 0 aliphatic heterocycles. The number of nitrogens with zero attached hydrogens (tertiary/aromatic N) is 2. The van der Waals surface area contributed by atoms with Crippen LogP contribution >= 0.6 is 11.6 Å². The minimum atomic E-state index is -0.942. The number of fused-ring (bicyclic) bond motifs is 1. The Bertz CT molecular complexity index is 1680. The fourth-order valence-electron chi connectivity index (χ4n) is 5.15. The molecule has 5 rings (SSSR count). The van der Waals surface area contributed by atoms with Crippen LogP contribution in [0, 0.1) is 17.1 Å². The van der Waals surface area contributed by atoms with E-state index in [4.69, 9.17) is 25.8 Å². The third kappa shape index (κ3) is 6.78. The van der Waals surface area contributed by atoms with E-state index >= 15 is 0 Å². The predicted molar refractivity (Wildman–Crippen MR) is 158 cm³/mol. The van der Waals surface area contributed by atoms with Crippen molar-refractivity contribution in [2.45, 2.75) is 38.1 Å². The highest BCUT2D eigenvalue weighted by atomic mass is 35.5. The molecule has 0 bridgehead atoms. The number of nitriles is 1. The second-order valence-electron chi connectivity index (χ2n) is 10.0. The lowest BCUT2D eigenvalue weighted by molar-refractivity contribution is -0.144. The van der Waals surface area contributed by atoms with E-state index in [1.807, 2.05) is 24.3 Å². The highest BCUT2D eigenvalue weighted by molar-refractivity contribution is 6.32. The molecule has 0 amide bonds. The van der Waals surface area contributed by atoms with Gasteiger partial charge in [-0.1, -0.05) is 48.0 Å². The van der Waals surface area contributed by atoms with Crippen LogP contribution in [0.15, 0.2) is 73.1 Å². The summed E-state index contributed by atoms with van der Waals surface area (Å²) in [4.78, 5) is 16.1. The van der Waals surface area contributed by atoms with Crippen LogP contribution in [0.4, 0.5) is 4.39 Å². The van der Waals surface area contributed by atoms with Crippen LogP contribution in [0.2, 0.25) is 5.02 Å². The van der Waals surface area contributed by atoms with Gasteiger partial charge < -0.3 is 19.3 Å². The average Bonchev–Trinajstić information content (AvgIpc) is 3.44. The molecule has 3 aromatic carbocycles. The number of ether oxygens (including phenoxy) is 3. The zero-order chi connectivity index (χ0) is 30.3. The maximum Gasteiger partial charge on any atom is 0.325 e. The number of esters is 1. The van der Waals surface area contributed by atoms with E-state index in [-0.39, 0.29) is 25.1 Å². The topological polar surface area (TPSA) is 114 Å². The smallest absolute Gasteiger partial charge is 0.325 e. The summed E-state index contributed by atoms with van der Waals surface area (Å²) < 4.78 is 32.0. The van der Waals surface area contributed by atoms with Crippen molar-refractivity contribution in [1.82, 2.24) is 10.3 Å². The SMILES string of the molecule is COC(=O)[C@H](CO)NCc1cc(Cl)c(O[C@H]2CCc3c(-c4ccccc4F)cccc32)cc1OCc1cncc(C#N)c1. The first-order valence-corrected chi connectivity index (χ1v) is 14.0. The Morgan fingerprint density at radius 2 is 1.98 bits per heavy atom. The molecule has 10 heteroatoms. The number of hydrogen-bond acceptors (Lipinski definition) is 8. The van der Waals surface area contributed by atoms with Gasteiger partial charge in [0.1, 0.15) is 42.1 Å². The Hall–Kier alpha value is -4.49. The summed E-state index contributed by atoms with van der Waals surface area (Å²) in [6.07, 6.45) is 4.15. The van der Waals surface area contributed by atoms with E-state index in [1.54, 1.807) is 36.5 Å². The van der Waals surface area contributed by atoms with Gasteiger partial charge in [-0.05, 0) is 47.7 Å². The van der Waals surface area contributed by atoms with Gasteiger partial charge in [-0.3, -0.25) is 15.1 Å². The molecule has 1 heterocycles. The van der Waals surface area contributed by atoms with E-state index in [9.17, 15) is 19.6 Å². The van der Waals surface area contributed by atoms with E-state index < -0.39 is 18.6 Å². The summed E-state index contributed by atoms with van der Waals surface area (Å²) in [5, 5.41) is 22.1. The van der Waals surface area contributed by atoms with Crippen molar-refractivity contribution in [2.24, 2.45) is 0 Å². The first-order valence-electron chi connectivity index (χ1n) is 13.7. The second kappa shape index (κ2) is 13.7. The molecular weight excluding hydrogens is 573 g/mol. The van der Waals surface area contributed by atoms with Crippen LogP contribution < -0.4 is 14.8 Å². The highest BCUT2D eigenvalue weighted by Gasteiger charge is 2.28. The summed E-state index contributed by atoms with van der Waals surface area (Å²) in [5.41, 5.74) is 5.09. The average molecular weight is 602 g/mol. The molecular formula is C33H29ClFN3O5. The molecule has 0 spiro atoms. The number of carbonyl (C=O) groups is 1. The third-order valence-electron chi connectivity index (χ3n) is 7.29. The van der Waals surface area contributed by atoms with Gasteiger partial charge in [0.15, 0.2) is 0 Å². The van der Waals surface area contributed by atoms with E-state index in [0.717, 1.165) is 16.7 Å². The number of halogens is 2. The fraction of sp³-hybridized carbons (Fsp3) is 0.242. The summed E-state index contributed by atoms with van der Waals surface area (Å²) in [5.74, 6) is -0.0650. The Balaban J connectivity index is 1.43. The maximum absolute atomic E-state index is 14.6. The molecule has 0 saturated heterocycles. The fourth-order valence-corrected chi connectivity index (χ4v) is 5.38. The van der Waals surface area contributed by atoms with Crippen LogP contribution in [0.25, 0.3) is 11.1 Å². The molecule has 0 saturated carbocycles. The highest BCUT2D eigenvalue weighted by Crippen LogP contribution is 2.43. The van der Waals surface area contributed by atoms with Crippen molar-refractivity contribution in [2.75, 3.05) is 13.7 Å². The van der Waals surface area contributed by atoms with Gasteiger partial charge in [-0.15, -0.1) is 0 Å². The quantitative estimate of drug-likeness (QED) is 0.211. The molecule has 4 aromatic rings. The molecule has 1 aliphatic rings. The van der Waals surface area contributed by atoms with Gasteiger partial charge in [0.05, 0.1) is 24.3 Å². The zero-order valence-corrected chi connectivity index (χ0v) is 24.1. The number of aromatic nitrogens is 1. The maximum atomic E-state index is 14.6. The largest absolute Gasteiger partial charge is 0.488 e. The van der Waals surface area contributed by atoms with Crippen molar-refractivity contribution < 1.29 is 28.5 Å². The van der Waals surface area contributed by atoms with Gasteiger partial charge in [0.25, 0.3) is 0 Å². The van der Waals surface area contributed by atoms with Crippen LogP contribution in [0.5, 0.6) is 11.5 Å². The zero-order valence-electron chi connectivity index (χ0n) is 23.3. The van der Waals surface area contributed by atoms with E-state index in [1.165, 1.54) is 19.4 Å². The Kier molecular flexibility index (Phi) is 9.52.